The number of alkyl halides is 3. The molecule has 0 aliphatic heterocycles. The normalized spacial score (nSPS) is 12.2. The summed E-state index contributed by atoms with van der Waals surface area (Å²) in [6.45, 7) is -0.297. The molecule has 0 bridgehead atoms. The van der Waals surface area contributed by atoms with Gasteiger partial charge in [0.05, 0.1) is 22.1 Å². The van der Waals surface area contributed by atoms with Crippen LogP contribution in [0.1, 0.15) is 11.1 Å². The second kappa shape index (κ2) is 6.38. The minimum absolute atomic E-state index is 0.125. The molecule has 0 spiro atoms. The fraction of sp³-hybridized carbons (Fsp3) is 0.143. The highest BCUT2D eigenvalue weighted by Crippen LogP contribution is 2.36. The molecule has 0 amide bonds. The molecule has 2 aromatic carbocycles. The molecule has 2 N–H and O–H groups in total. The van der Waals surface area contributed by atoms with E-state index in [9.17, 15) is 21.6 Å². The fourth-order valence-corrected chi connectivity index (χ4v) is 3.14. The van der Waals surface area contributed by atoms with Crippen molar-refractivity contribution >= 4 is 27.3 Å². The van der Waals surface area contributed by atoms with Gasteiger partial charge in [-0.25, -0.2) is 8.42 Å². The largest absolute Gasteiger partial charge is 0.417 e. The van der Waals surface area contributed by atoms with Crippen LogP contribution in [-0.2, 0) is 22.8 Å². The van der Waals surface area contributed by atoms with Crippen molar-refractivity contribution in [2.45, 2.75) is 17.7 Å². The Morgan fingerprint density at radius 3 is 2.43 bits per heavy atom. The SMILES string of the molecule is O=S(=O)(Nc1cccc(CO)c1)c1ccc(Cl)c(C(F)(F)F)c1. The van der Waals surface area contributed by atoms with Gasteiger partial charge in [0.2, 0.25) is 0 Å². The lowest BCUT2D eigenvalue weighted by atomic mass is 10.2. The number of hydrogen-bond donors (Lipinski definition) is 2. The number of nitrogens with one attached hydrogen (secondary N) is 1. The highest BCUT2D eigenvalue weighted by atomic mass is 35.5. The molecule has 0 heterocycles. The molecule has 124 valence electrons. The average Bonchev–Trinajstić information content (AvgIpc) is 2.46. The Balaban J connectivity index is 2.40. The van der Waals surface area contributed by atoms with E-state index in [1.807, 2.05) is 0 Å². The van der Waals surface area contributed by atoms with Crippen LogP contribution in [0.25, 0.3) is 0 Å². The Morgan fingerprint density at radius 1 is 1.13 bits per heavy atom. The van der Waals surface area contributed by atoms with Gasteiger partial charge in [0.1, 0.15) is 0 Å². The number of hydrogen-bond acceptors (Lipinski definition) is 3. The van der Waals surface area contributed by atoms with Gasteiger partial charge in [-0.05, 0) is 35.9 Å². The van der Waals surface area contributed by atoms with Crippen LogP contribution in [0.4, 0.5) is 18.9 Å². The van der Waals surface area contributed by atoms with Gasteiger partial charge >= 0.3 is 6.18 Å². The van der Waals surface area contributed by atoms with Crippen LogP contribution < -0.4 is 4.72 Å². The number of aliphatic hydroxyl groups excluding tert-OH is 1. The van der Waals surface area contributed by atoms with Gasteiger partial charge in [0.25, 0.3) is 10.0 Å². The summed E-state index contributed by atoms with van der Waals surface area (Å²) in [5.41, 5.74) is -0.650. The predicted octanol–water partition coefficient (Wildman–Crippen LogP) is 3.65. The van der Waals surface area contributed by atoms with E-state index in [4.69, 9.17) is 16.7 Å². The molecule has 0 radical (unpaired) electrons. The molecule has 0 aliphatic rings. The molecule has 4 nitrogen and oxygen atoms in total. The first-order chi connectivity index (χ1) is 10.6. The van der Waals surface area contributed by atoms with Crippen LogP contribution in [0.3, 0.4) is 0 Å². The van der Waals surface area contributed by atoms with Crippen molar-refractivity contribution in [3.05, 3.63) is 58.6 Å². The van der Waals surface area contributed by atoms with Gasteiger partial charge in [0, 0.05) is 5.69 Å². The number of sulfonamides is 1. The molecule has 0 aromatic heterocycles. The van der Waals surface area contributed by atoms with E-state index in [1.165, 1.54) is 18.2 Å². The summed E-state index contributed by atoms with van der Waals surface area (Å²) in [5.74, 6) is 0. The van der Waals surface area contributed by atoms with Crippen LogP contribution in [0.15, 0.2) is 47.4 Å². The second-order valence-corrected chi connectivity index (χ2v) is 6.69. The van der Waals surface area contributed by atoms with E-state index in [0.29, 0.717) is 11.6 Å². The standard InChI is InChI=1S/C14H11ClF3NO3S/c15-13-5-4-11(7-12(13)14(16,17)18)23(21,22)19-10-3-1-2-9(6-10)8-20/h1-7,19-20H,8H2. The first-order valence-electron chi connectivity index (χ1n) is 6.23. The van der Waals surface area contributed by atoms with Crippen molar-refractivity contribution in [2.75, 3.05) is 4.72 Å². The lowest BCUT2D eigenvalue weighted by Gasteiger charge is -2.13. The maximum Gasteiger partial charge on any atom is 0.417 e. The third-order valence-corrected chi connectivity index (χ3v) is 4.62. The zero-order chi connectivity index (χ0) is 17.3. The van der Waals surface area contributed by atoms with Crippen molar-refractivity contribution in [3.8, 4) is 0 Å². The third kappa shape index (κ3) is 4.15. The molecule has 0 aliphatic carbocycles. The Bertz CT molecular complexity index is 822. The van der Waals surface area contributed by atoms with E-state index in [2.05, 4.69) is 4.72 Å². The average molecular weight is 366 g/mol. The van der Waals surface area contributed by atoms with Crippen molar-refractivity contribution in [1.82, 2.24) is 0 Å². The van der Waals surface area contributed by atoms with E-state index in [1.54, 1.807) is 6.07 Å². The van der Waals surface area contributed by atoms with Crippen molar-refractivity contribution in [1.29, 1.82) is 0 Å². The summed E-state index contributed by atoms with van der Waals surface area (Å²) in [4.78, 5) is -0.566. The van der Waals surface area contributed by atoms with Crippen LogP contribution in [-0.4, -0.2) is 13.5 Å². The monoisotopic (exact) mass is 365 g/mol. The lowest BCUT2D eigenvalue weighted by molar-refractivity contribution is -0.137. The van der Waals surface area contributed by atoms with Crippen molar-refractivity contribution in [2.24, 2.45) is 0 Å². The summed E-state index contributed by atoms with van der Waals surface area (Å²) < 4.78 is 65.0. The second-order valence-electron chi connectivity index (χ2n) is 4.60. The third-order valence-electron chi connectivity index (χ3n) is 2.92. The zero-order valence-corrected chi connectivity index (χ0v) is 13.0. The zero-order valence-electron chi connectivity index (χ0n) is 11.4. The fourth-order valence-electron chi connectivity index (χ4n) is 1.84. The number of benzene rings is 2. The number of halogens is 4. The Hall–Kier alpha value is -1.77. The van der Waals surface area contributed by atoms with Crippen LogP contribution in [0.2, 0.25) is 5.02 Å². The topological polar surface area (TPSA) is 66.4 Å². The summed E-state index contributed by atoms with van der Waals surface area (Å²) in [6, 6.07) is 8.20. The van der Waals surface area contributed by atoms with Crippen molar-refractivity contribution < 1.29 is 26.7 Å². The van der Waals surface area contributed by atoms with Crippen molar-refractivity contribution in [3.63, 3.8) is 0 Å². The minimum Gasteiger partial charge on any atom is -0.392 e. The molecule has 0 saturated heterocycles. The van der Waals surface area contributed by atoms with E-state index in [-0.39, 0.29) is 12.3 Å². The van der Waals surface area contributed by atoms with Gasteiger partial charge in [-0.15, -0.1) is 0 Å². The number of rotatable bonds is 4. The van der Waals surface area contributed by atoms with Crippen LogP contribution >= 0.6 is 11.6 Å². The van der Waals surface area contributed by atoms with Gasteiger partial charge in [-0.1, -0.05) is 23.7 Å². The maximum atomic E-state index is 12.8. The highest BCUT2D eigenvalue weighted by Gasteiger charge is 2.34. The Morgan fingerprint density at radius 2 is 1.83 bits per heavy atom. The minimum atomic E-state index is -4.76. The highest BCUT2D eigenvalue weighted by molar-refractivity contribution is 7.92. The predicted molar refractivity (Wildman–Crippen MR) is 79.6 cm³/mol. The summed E-state index contributed by atoms with van der Waals surface area (Å²) in [5, 5.41) is 8.43. The lowest BCUT2D eigenvalue weighted by Crippen LogP contribution is -2.15. The molecular weight excluding hydrogens is 355 g/mol. The summed E-state index contributed by atoms with van der Waals surface area (Å²) in [7, 11) is -4.23. The molecular formula is C14H11ClF3NO3S. The van der Waals surface area contributed by atoms with Gasteiger partial charge in [0.15, 0.2) is 0 Å². The smallest absolute Gasteiger partial charge is 0.392 e. The van der Waals surface area contributed by atoms with Gasteiger partial charge < -0.3 is 5.11 Å². The molecule has 0 unspecified atom stereocenters. The summed E-state index contributed by atoms with van der Waals surface area (Å²) in [6.07, 6.45) is -4.76. The van der Waals surface area contributed by atoms with E-state index >= 15 is 0 Å². The molecule has 0 fully saturated rings. The molecule has 23 heavy (non-hydrogen) atoms. The maximum absolute atomic E-state index is 12.8. The Labute approximate surface area is 135 Å². The quantitative estimate of drug-likeness (QED) is 0.869. The van der Waals surface area contributed by atoms with E-state index < -0.39 is 31.7 Å². The summed E-state index contributed by atoms with van der Waals surface area (Å²) >= 11 is 5.47. The molecule has 0 saturated carbocycles. The van der Waals surface area contributed by atoms with Gasteiger partial charge in [-0.3, -0.25) is 4.72 Å². The van der Waals surface area contributed by atoms with Crippen LogP contribution in [0, 0.1) is 0 Å². The molecule has 2 rings (SSSR count). The molecule has 2 aromatic rings. The van der Waals surface area contributed by atoms with Gasteiger partial charge in [-0.2, -0.15) is 13.2 Å². The Kier molecular flexibility index (Phi) is 4.88. The van der Waals surface area contributed by atoms with E-state index in [0.717, 1.165) is 12.1 Å². The molecule has 0 atom stereocenters. The molecule has 9 heteroatoms. The number of anilines is 1. The first kappa shape index (κ1) is 17.6. The first-order valence-corrected chi connectivity index (χ1v) is 8.09. The number of aliphatic hydroxyl groups is 1. The van der Waals surface area contributed by atoms with Crippen LogP contribution in [0.5, 0.6) is 0 Å².